The van der Waals surface area contributed by atoms with E-state index in [0.29, 0.717) is 5.56 Å². The third-order valence-corrected chi connectivity index (χ3v) is 3.04. The Morgan fingerprint density at radius 2 is 1.86 bits per heavy atom. The standard InChI is InChI=1S/C16H12FN3O/c17-13-3-1-2-4-14(13)20-16(21)12-7-5-11(6-8-12)15-18-9-10-19-15/h1-10H,(H,18,19)(H,20,21). The molecule has 1 heterocycles. The van der Waals surface area contributed by atoms with Crippen LogP contribution in [0.3, 0.4) is 0 Å². The van der Waals surface area contributed by atoms with Crippen LogP contribution in [-0.4, -0.2) is 15.9 Å². The Morgan fingerprint density at radius 1 is 1.10 bits per heavy atom. The second-order valence-electron chi connectivity index (χ2n) is 4.45. The maximum absolute atomic E-state index is 13.5. The summed E-state index contributed by atoms with van der Waals surface area (Å²) in [5, 5.41) is 2.54. The highest BCUT2D eigenvalue weighted by molar-refractivity contribution is 6.04. The lowest BCUT2D eigenvalue weighted by Gasteiger charge is -2.06. The van der Waals surface area contributed by atoms with Crippen LogP contribution in [0.15, 0.2) is 60.9 Å². The van der Waals surface area contributed by atoms with E-state index in [0.717, 1.165) is 11.4 Å². The van der Waals surface area contributed by atoms with Crippen molar-refractivity contribution in [3.05, 3.63) is 72.3 Å². The van der Waals surface area contributed by atoms with Gasteiger partial charge in [0, 0.05) is 23.5 Å². The number of amides is 1. The molecular weight excluding hydrogens is 269 g/mol. The van der Waals surface area contributed by atoms with Gasteiger partial charge in [0.05, 0.1) is 5.69 Å². The number of imidazole rings is 1. The molecule has 0 saturated heterocycles. The quantitative estimate of drug-likeness (QED) is 0.772. The lowest BCUT2D eigenvalue weighted by Crippen LogP contribution is -2.12. The van der Waals surface area contributed by atoms with Gasteiger partial charge in [0.15, 0.2) is 0 Å². The summed E-state index contributed by atoms with van der Waals surface area (Å²) in [7, 11) is 0. The van der Waals surface area contributed by atoms with E-state index in [1.54, 1.807) is 48.8 Å². The van der Waals surface area contributed by atoms with Gasteiger partial charge in [0.1, 0.15) is 11.6 Å². The molecule has 0 fully saturated rings. The lowest BCUT2D eigenvalue weighted by molar-refractivity contribution is 0.102. The fourth-order valence-electron chi connectivity index (χ4n) is 1.96. The van der Waals surface area contributed by atoms with Gasteiger partial charge < -0.3 is 10.3 Å². The first-order chi connectivity index (χ1) is 10.2. The van der Waals surface area contributed by atoms with Crippen LogP contribution in [0.2, 0.25) is 0 Å². The molecule has 2 N–H and O–H groups in total. The number of hydrogen-bond acceptors (Lipinski definition) is 2. The minimum atomic E-state index is -0.460. The van der Waals surface area contributed by atoms with E-state index in [9.17, 15) is 9.18 Å². The molecule has 0 bridgehead atoms. The third-order valence-electron chi connectivity index (χ3n) is 3.04. The van der Waals surface area contributed by atoms with Gasteiger partial charge in [-0.1, -0.05) is 24.3 Å². The van der Waals surface area contributed by atoms with Crippen molar-refractivity contribution in [2.75, 3.05) is 5.32 Å². The summed E-state index contributed by atoms with van der Waals surface area (Å²) in [6, 6.07) is 13.0. The largest absolute Gasteiger partial charge is 0.345 e. The number of benzene rings is 2. The summed E-state index contributed by atoms with van der Waals surface area (Å²) in [5.74, 6) is -0.0831. The zero-order valence-electron chi connectivity index (χ0n) is 11.0. The van der Waals surface area contributed by atoms with E-state index in [1.807, 2.05) is 0 Å². The molecule has 104 valence electrons. The molecule has 1 amide bonds. The van der Waals surface area contributed by atoms with Gasteiger partial charge in [0.2, 0.25) is 0 Å². The van der Waals surface area contributed by atoms with Crippen LogP contribution >= 0.6 is 0 Å². The number of anilines is 1. The van der Waals surface area contributed by atoms with Crippen molar-refractivity contribution in [2.45, 2.75) is 0 Å². The molecule has 0 radical (unpaired) electrons. The molecule has 0 saturated carbocycles. The first-order valence-electron chi connectivity index (χ1n) is 6.40. The fraction of sp³-hybridized carbons (Fsp3) is 0. The Hall–Kier alpha value is -2.95. The van der Waals surface area contributed by atoms with Crippen molar-refractivity contribution < 1.29 is 9.18 Å². The van der Waals surface area contributed by atoms with Crippen LogP contribution in [0.25, 0.3) is 11.4 Å². The summed E-state index contributed by atoms with van der Waals surface area (Å²) in [6.45, 7) is 0. The summed E-state index contributed by atoms with van der Waals surface area (Å²) >= 11 is 0. The number of halogens is 1. The SMILES string of the molecule is O=C(Nc1ccccc1F)c1ccc(-c2ncc[nH]2)cc1. The van der Waals surface area contributed by atoms with Crippen molar-refractivity contribution in [1.82, 2.24) is 9.97 Å². The van der Waals surface area contributed by atoms with E-state index >= 15 is 0 Å². The van der Waals surface area contributed by atoms with Crippen molar-refractivity contribution >= 4 is 11.6 Å². The lowest BCUT2D eigenvalue weighted by atomic mass is 10.1. The van der Waals surface area contributed by atoms with Crippen LogP contribution < -0.4 is 5.32 Å². The van der Waals surface area contributed by atoms with E-state index in [2.05, 4.69) is 15.3 Å². The highest BCUT2D eigenvalue weighted by Gasteiger charge is 2.09. The zero-order chi connectivity index (χ0) is 14.7. The van der Waals surface area contributed by atoms with Gasteiger partial charge in [-0.3, -0.25) is 4.79 Å². The summed E-state index contributed by atoms with van der Waals surface area (Å²) in [4.78, 5) is 19.2. The predicted molar refractivity (Wildman–Crippen MR) is 78.4 cm³/mol. The Labute approximate surface area is 120 Å². The summed E-state index contributed by atoms with van der Waals surface area (Å²) in [5.41, 5.74) is 1.49. The van der Waals surface area contributed by atoms with Crippen LogP contribution in [-0.2, 0) is 0 Å². The molecule has 0 unspecified atom stereocenters. The highest BCUT2D eigenvalue weighted by Crippen LogP contribution is 2.17. The average Bonchev–Trinajstić information content (AvgIpc) is 3.04. The smallest absolute Gasteiger partial charge is 0.255 e. The van der Waals surface area contributed by atoms with Gasteiger partial charge >= 0.3 is 0 Å². The zero-order valence-corrected chi connectivity index (χ0v) is 11.0. The Kier molecular flexibility index (Phi) is 3.47. The van der Waals surface area contributed by atoms with Crippen molar-refractivity contribution in [2.24, 2.45) is 0 Å². The maximum Gasteiger partial charge on any atom is 0.255 e. The number of nitrogens with one attached hydrogen (secondary N) is 2. The molecule has 21 heavy (non-hydrogen) atoms. The number of nitrogens with zero attached hydrogens (tertiary/aromatic N) is 1. The Balaban J connectivity index is 1.78. The number of H-pyrrole nitrogens is 1. The molecule has 2 aromatic carbocycles. The van der Waals surface area contributed by atoms with Crippen LogP contribution in [0.1, 0.15) is 10.4 Å². The summed E-state index contributed by atoms with van der Waals surface area (Å²) in [6.07, 6.45) is 3.39. The molecule has 0 aliphatic rings. The van der Waals surface area contributed by atoms with Gasteiger partial charge in [0.25, 0.3) is 5.91 Å². The molecule has 0 aliphatic heterocycles. The predicted octanol–water partition coefficient (Wildman–Crippen LogP) is 3.47. The van der Waals surface area contributed by atoms with Crippen LogP contribution in [0.4, 0.5) is 10.1 Å². The van der Waals surface area contributed by atoms with E-state index in [4.69, 9.17) is 0 Å². The molecule has 1 aromatic heterocycles. The second kappa shape index (κ2) is 5.58. The van der Waals surface area contributed by atoms with Crippen molar-refractivity contribution in [1.29, 1.82) is 0 Å². The summed E-state index contributed by atoms with van der Waals surface area (Å²) < 4.78 is 13.5. The Morgan fingerprint density at radius 3 is 2.52 bits per heavy atom. The van der Waals surface area contributed by atoms with Gasteiger partial charge in [-0.25, -0.2) is 9.37 Å². The van der Waals surface area contributed by atoms with Crippen molar-refractivity contribution in [3.63, 3.8) is 0 Å². The number of rotatable bonds is 3. The van der Waals surface area contributed by atoms with E-state index < -0.39 is 5.82 Å². The first kappa shape index (κ1) is 13.1. The van der Waals surface area contributed by atoms with Crippen LogP contribution in [0, 0.1) is 5.82 Å². The number of carbonyl (C=O) groups is 1. The monoisotopic (exact) mass is 281 g/mol. The highest BCUT2D eigenvalue weighted by atomic mass is 19.1. The molecule has 5 heteroatoms. The number of hydrogen-bond donors (Lipinski definition) is 2. The maximum atomic E-state index is 13.5. The third kappa shape index (κ3) is 2.81. The number of para-hydroxylation sites is 1. The Bertz CT molecular complexity index is 751. The first-order valence-corrected chi connectivity index (χ1v) is 6.40. The number of aromatic nitrogens is 2. The van der Waals surface area contributed by atoms with Gasteiger partial charge in [-0.05, 0) is 24.3 Å². The fourth-order valence-corrected chi connectivity index (χ4v) is 1.96. The second-order valence-corrected chi connectivity index (χ2v) is 4.45. The minimum Gasteiger partial charge on any atom is -0.345 e. The van der Waals surface area contributed by atoms with Crippen molar-refractivity contribution in [3.8, 4) is 11.4 Å². The molecular formula is C16H12FN3O. The van der Waals surface area contributed by atoms with E-state index in [1.165, 1.54) is 12.1 Å². The van der Waals surface area contributed by atoms with Crippen LogP contribution in [0.5, 0.6) is 0 Å². The molecule has 3 rings (SSSR count). The molecule has 0 aliphatic carbocycles. The molecule has 0 atom stereocenters. The molecule has 3 aromatic rings. The minimum absolute atomic E-state index is 0.164. The average molecular weight is 281 g/mol. The van der Waals surface area contributed by atoms with Gasteiger partial charge in [-0.15, -0.1) is 0 Å². The normalized spacial score (nSPS) is 10.3. The molecule has 4 nitrogen and oxygen atoms in total. The topological polar surface area (TPSA) is 57.8 Å². The van der Waals surface area contributed by atoms with Gasteiger partial charge in [-0.2, -0.15) is 0 Å². The number of carbonyl (C=O) groups excluding carboxylic acids is 1. The molecule has 0 spiro atoms. The number of aromatic amines is 1. The van der Waals surface area contributed by atoms with E-state index in [-0.39, 0.29) is 11.6 Å².